The summed E-state index contributed by atoms with van der Waals surface area (Å²) in [6.45, 7) is 0. The van der Waals surface area contributed by atoms with E-state index < -0.39 is 0 Å². The van der Waals surface area contributed by atoms with Gasteiger partial charge in [-0.2, -0.15) is 5.26 Å². The molecular formula is C121H66N10O3S3. The van der Waals surface area contributed by atoms with Crippen molar-refractivity contribution < 1.29 is 13.3 Å². The lowest BCUT2D eigenvalue weighted by Gasteiger charge is -2.11. The molecule has 12 heterocycles. The zero-order valence-electron chi connectivity index (χ0n) is 72.5. The molecule has 16 heteroatoms. The SMILES string of the molecule is N#Cc1ccc(-c2ccc3sc4nc(-n5c6ccccc6c6cc7ccccc7cc65)nc(-c5ccc6c(c5)sc5ccccc56)c4c3c2)cc1.c1ccc2cc3c(cc2c1)c1ccccc1n3-c1nc(-c2ccc3c(c2)oc2ccccc23)c2oc3ccccc3c2n1.c1ccc2cc3c(cc2c1)c1ccccc1n3-c1nc(-c2ccc3c(c2)oc2ccccc23)c2sc3ccccc3c2n1. The lowest BCUT2D eigenvalue weighted by atomic mass is 10.00. The molecule has 0 saturated heterocycles. The summed E-state index contributed by atoms with van der Waals surface area (Å²) >= 11 is 5.27. The molecule has 0 spiro atoms. The number of aromatic nitrogens is 9. The Bertz CT molecular complexity index is 10300. The van der Waals surface area contributed by atoms with Gasteiger partial charge in [0, 0.05) is 122 Å². The number of fused-ring (bicyclic) bond motifs is 30. The number of hydrogen-bond donors (Lipinski definition) is 0. The number of nitrogens with zero attached hydrogens (tertiary/aromatic N) is 10. The van der Waals surface area contributed by atoms with Crippen molar-refractivity contribution in [1.29, 1.82) is 5.26 Å². The van der Waals surface area contributed by atoms with Gasteiger partial charge in [0.2, 0.25) is 17.8 Å². The summed E-state index contributed by atoms with van der Waals surface area (Å²) in [4.78, 5) is 33.0. The zero-order chi connectivity index (χ0) is 89.8. The summed E-state index contributed by atoms with van der Waals surface area (Å²) in [5, 5.41) is 34.8. The van der Waals surface area contributed by atoms with Crippen molar-refractivity contribution in [2.45, 2.75) is 0 Å². The predicted octanol–water partition coefficient (Wildman–Crippen LogP) is 33.5. The molecule has 636 valence electrons. The van der Waals surface area contributed by atoms with Crippen LogP contribution in [0.15, 0.2) is 414 Å². The van der Waals surface area contributed by atoms with E-state index in [-0.39, 0.29) is 0 Å². The van der Waals surface area contributed by atoms with E-state index >= 15 is 0 Å². The van der Waals surface area contributed by atoms with Gasteiger partial charge in [0.15, 0.2) is 5.58 Å². The van der Waals surface area contributed by atoms with Crippen LogP contribution in [-0.4, -0.2) is 43.6 Å². The highest BCUT2D eigenvalue weighted by molar-refractivity contribution is 7.26. The standard InChI is InChI=1S/C45H24N4S2.C38H21N3O2.C38H21N3OS/c46-25-26-13-15-27(16-14-26)30-18-20-40-36(22-30)42-43(31-17-19-34-33-10-4-6-12-39(33)50-41(34)24-31)47-45(48-44(42)51-40)49-37-11-5-3-9-32(37)35-21-28-7-1-2-8-29(28)23-38(35)49;1-2-10-23-20-31-29(19-22(23)9-1)25-11-3-6-14-30(25)41(31)38-39-35(37-36(40-38)28-13-5-8-16-33(28)43-37)24-17-18-27-26-12-4-7-15-32(26)42-34(27)21-24;1-2-10-23-20-31-29(19-22(23)9-1)25-11-3-6-14-30(25)41(31)38-39-35(37-36(40-38)28-13-5-8-16-34(28)43-37)24-17-18-27-26-12-4-7-15-32(26)42-33(27)21-24/h1-24H;2*1-21H. The maximum absolute atomic E-state index is 9.37. The van der Waals surface area contributed by atoms with Gasteiger partial charge in [0.25, 0.3) is 0 Å². The fourth-order valence-electron chi connectivity index (χ4n) is 20.9. The van der Waals surface area contributed by atoms with Crippen molar-refractivity contribution in [3.8, 4) is 68.8 Å². The van der Waals surface area contributed by atoms with Gasteiger partial charge in [0.05, 0.1) is 66.3 Å². The highest BCUT2D eigenvalue weighted by Crippen LogP contribution is 2.49. The van der Waals surface area contributed by atoms with Crippen molar-refractivity contribution >= 4 is 258 Å². The van der Waals surface area contributed by atoms with Gasteiger partial charge in [0.1, 0.15) is 44.0 Å². The average Bonchev–Trinajstić information content (AvgIpc) is 1.57. The quantitative estimate of drug-likeness (QED) is 0.151. The fourth-order valence-corrected chi connectivity index (χ4v) is 24.2. The first-order valence-corrected chi connectivity index (χ1v) is 47.9. The number of thiophene rings is 3. The minimum Gasteiger partial charge on any atom is -0.456 e. The Hall–Kier alpha value is -17.9. The number of para-hydroxylation sites is 6. The first kappa shape index (κ1) is 76.8. The maximum Gasteiger partial charge on any atom is 0.236 e. The Kier molecular flexibility index (Phi) is 16.9. The molecule has 0 fully saturated rings. The van der Waals surface area contributed by atoms with Gasteiger partial charge in [-0.1, -0.05) is 255 Å². The third kappa shape index (κ3) is 12.1. The summed E-state index contributed by atoms with van der Waals surface area (Å²) in [5.74, 6) is 1.92. The van der Waals surface area contributed by atoms with Crippen LogP contribution in [0.5, 0.6) is 0 Å². The average molecular weight is 1800 g/mol. The Balaban J connectivity index is 0.0000000999. The van der Waals surface area contributed by atoms with Crippen LogP contribution in [0.4, 0.5) is 0 Å². The van der Waals surface area contributed by atoms with E-state index in [9.17, 15) is 5.26 Å². The fraction of sp³-hybridized carbons (Fsp3) is 0. The monoisotopic (exact) mass is 1800 g/mol. The van der Waals surface area contributed by atoms with Crippen LogP contribution >= 0.6 is 34.0 Å². The Morgan fingerprint density at radius 2 is 0.613 bits per heavy atom. The van der Waals surface area contributed by atoms with E-state index in [1.807, 2.05) is 84.1 Å². The summed E-state index contributed by atoms with van der Waals surface area (Å²) in [7, 11) is 0. The molecule has 31 rings (SSSR count). The molecule has 0 radical (unpaired) electrons. The molecule has 0 aliphatic carbocycles. The molecule has 0 atom stereocenters. The van der Waals surface area contributed by atoms with E-state index in [1.54, 1.807) is 22.7 Å². The van der Waals surface area contributed by atoms with Gasteiger partial charge < -0.3 is 13.3 Å². The molecular weight excluding hydrogens is 1740 g/mol. The normalized spacial score (nSPS) is 12.1. The van der Waals surface area contributed by atoms with Crippen LogP contribution in [0.3, 0.4) is 0 Å². The highest BCUT2D eigenvalue weighted by atomic mass is 32.1. The van der Waals surface area contributed by atoms with E-state index in [2.05, 4.69) is 347 Å². The van der Waals surface area contributed by atoms with E-state index in [4.69, 9.17) is 43.2 Å². The lowest BCUT2D eigenvalue weighted by molar-refractivity contribution is 0.666. The molecule has 137 heavy (non-hydrogen) atoms. The number of furan rings is 3. The smallest absolute Gasteiger partial charge is 0.236 e. The number of nitriles is 1. The summed E-state index contributed by atoms with van der Waals surface area (Å²) in [5.41, 5.74) is 21.4. The van der Waals surface area contributed by atoms with Crippen molar-refractivity contribution in [1.82, 2.24) is 43.6 Å². The lowest BCUT2D eigenvalue weighted by Crippen LogP contribution is -2.02. The van der Waals surface area contributed by atoms with Gasteiger partial charge in [-0.3, -0.25) is 13.7 Å². The number of hydrogen-bond acceptors (Lipinski definition) is 13. The molecule has 0 unspecified atom stereocenters. The second kappa shape index (κ2) is 30.1. The summed E-state index contributed by atoms with van der Waals surface area (Å²) in [6.07, 6.45) is 0. The molecule has 12 aromatic heterocycles. The molecule has 0 aliphatic rings. The van der Waals surface area contributed by atoms with E-state index in [0.717, 1.165) is 180 Å². The molecule has 0 N–H and O–H groups in total. The summed E-state index contributed by atoms with van der Waals surface area (Å²) in [6, 6.07) is 142. The second-order valence-corrected chi connectivity index (χ2v) is 38.2. The van der Waals surface area contributed by atoms with Crippen LogP contribution < -0.4 is 0 Å². The van der Waals surface area contributed by atoms with Crippen molar-refractivity contribution in [2.75, 3.05) is 0 Å². The second-order valence-electron chi connectivity index (χ2n) is 35.0. The molecule has 0 aliphatic heterocycles. The van der Waals surface area contributed by atoms with E-state index in [0.29, 0.717) is 29.0 Å². The molecule has 0 amide bonds. The zero-order valence-corrected chi connectivity index (χ0v) is 75.0. The van der Waals surface area contributed by atoms with Crippen LogP contribution in [0.25, 0.3) is 287 Å². The third-order valence-electron chi connectivity index (χ3n) is 27.3. The molecule has 0 saturated carbocycles. The first-order valence-electron chi connectivity index (χ1n) is 45.5. The van der Waals surface area contributed by atoms with Crippen LogP contribution in [0.2, 0.25) is 0 Å². The molecule has 31 aromatic rings. The Morgan fingerprint density at radius 3 is 1.16 bits per heavy atom. The maximum atomic E-state index is 9.37. The highest BCUT2D eigenvalue weighted by Gasteiger charge is 2.28. The number of benzene rings is 19. The predicted molar refractivity (Wildman–Crippen MR) is 569 cm³/mol. The van der Waals surface area contributed by atoms with Crippen molar-refractivity contribution in [2.24, 2.45) is 0 Å². The van der Waals surface area contributed by atoms with Gasteiger partial charge >= 0.3 is 0 Å². The van der Waals surface area contributed by atoms with Gasteiger partial charge in [-0.05, 0) is 189 Å². The Morgan fingerprint density at radius 1 is 0.226 bits per heavy atom. The summed E-state index contributed by atoms with van der Waals surface area (Å²) < 4.78 is 31.6. The Labute approximate surface area is 789 Å². The van der Waals surface area contributed by atoms with Crippen LogP contribution in [0.1, 0.15) is 5.56 Å². The van der Waals surface area contributed by atoms with Crippen molar-refractivity contribution in [3.63, 3.8) is 0 Å². The van der Waals surface area contributed by atoms with Crippen molar-refractivity contribution in [3.05, 3.63) is 406 Å². The van der Waals surface area contributed by atoms with Gasteiger partial charge in [-0.25, -0.2) is 29.9 Å². The number of rotatable bonds is 7. The first-order chi connectivity index (χ1) is 67.8. The minimum atomic E-state index is 0.597. The topological polar surface area (TPSA) is 155 Å². The minimum absolute atomic E-state index is 0.597. The van der Waals surface area contributed by atoms with Crippen LogP contribution in [-0.2, 0) is 0 Å². The largest absolute Gasteiger partial charge is 0.456 e. The van der Waals surface area contributed by atoms with Gasteiger partial charge in [-0.15, -0.1) is 34.0 Å². The molecule has 19 aromatic carbocycles. The molecule has 13 nitrogen and oxygen atoms in total. The van der Waals surface area contributed by atoms with E-state index in [1.165, 1.54) is 84.1 Å². The third-order valence-corrected chi connectivity index (χ3v) is 30.6. The van der Waals surface area contributed by atoms with Crippen LogP contribution in [0, 0.1) is 11.3 Å². The molecule has 0 bridgehead atoms.